The molecule has 2 N–H and O–H groups in total. The molecule has 0 bridgehead atoms. The minimum Gasteiger partial charge on any atom is -0.369 e. The highest BCUT2D eigenvalue weighted by Crippen LogP contribution is 2.09. The molecule has 0 aromatic heterocycles. The second kappa shape index (κ2) is 25.0. The Bertz CT molecular complexity index is 345. The zero-order chi connectivity index (χ0) is 26.1. The number of piperidine rings is 4. The highest BCUT2D eigenvalue weighted by Gasteiger charge is 2.09. The number of hydrogen-bond acceptors (Lipinski definition) is 8. The number of hydrogen-bond donors (Lipinski definition) is 2. The Morgan fingerprint density at radius 3 is 0.889 bits per heavy atom. The maximum Gasteiger partial charge on any atom is 0.0986 e. The van der Waals surface area contributed by atoms with E-state index in [1.165, 1.54) is 129 Å². The van der Waals surface area contributed by atoms with Crippen LogP contribution in [0.3, 0.4) is 0 Å². The Balaban J connectivity index is 0.000000240. The van der Waals surface area contributed by atoms with Crippen molar-refractivity contribution in [3.05, 3.63) is 0 Å². The summed E-state index contributed by atoms with van der Waals surface area (Å²) < 4.78 is 10.0. The average Bonchev–Trinajstić information content (AvgIpc) is 2.93. The summed E-state index contributed by atoms with van der Waals surface area (Å²) in [4.78, 5) is 9.62. The first-order valence-electron chi connectivity index (χ1n) is 14.9. The summed E-state index contributed by atoms with van der Waals surface area (Å²) in [6.07, 6.45) is 16.6. The molecule has 0 spiro atoms. The molecule has 0 atom stereocenters. The van der Waals surface area contributed by atoms with Crippen LogP contribution in [0.4, 0.5) is 0 Å². The predicted octanol–water partition coefficient (Wildman–Crippen LogP) is 3.45. The van der Waals surface area contributed by atoms with Crippen molar-refractivity contribution in [2.75, 3.05) is 107 Å². The maximum atomic E-state index is 5.01. The second-order valence-corrected chi connectivity index (χ2v) is 10.6. The largest absolute Gasteiger partial charge is 0.369 e. The van der Waals surface area contributed by atoms with Crippen LogP contribution in [0, 0.1) is 0 Å². The molecule has 8 nitrogen and oxygen atoms in total. The van der Waals surface area contributed by atoms with Gasteiger partial charge < -0.3 is 20.1 Å². The predicted molar refractivity (Wildman–Crippen MR) is 153 cm³/mol. The van der Waals surface area contributed by atoms with E-state index in [1.807, 2.05) is 14.1 Å². The number of likely N-dealkylation sites (tertiary alicyclic amines) is 4. The number of ether oxygens (including phenoxy) is 2. The van der Waals surface area contributed by atoms with Gasteiger partial charge >= 0.3 is 0 Å². The van der Waals surface area contributed by atoms with E-state index in [4.69, 9.17) is 9.47 Å². The highest BCUT2D eigenvalue weighted by molar-refractivity contribution is 4.63. The fourth-order valence-corrected chi connectivity index (χ4v) is 5.22. The van der Waals surface area contributed by atoms with Crippen LogP contribution in [0.25, 0.3) is 0 Å². The number of rotatable bonds is 8. The van der Waals surface area contributed by atoms with E-state index in [9.17, 15) is 0 Å². The minimum atomic E-state index is 0.819. The molecule has 4 saturated heterocycles. The fraction of sp³-hybridized carbons (Fsp3) is 1.00. The molecule has 4 heterocycles. The van der Waals surface area contributed by atoms with Gasteiger partial charge in [-0.3, -0.25) is 19.6 Å². The van der Waals surface area contributed by atoms with Gasteiger partial charge in [-0.15, -0.1) is 0 Å². The van der Waals surface area contributed by atoms with Crippen molar-refractivity contribution in [2.24, 2.45) is 0 Å². The van der Waals surface area contributed by atoms with Crippen molar-refractivity contribution in [1.29, 1.82) is 0 Å². The second-order valence-electron chi connectivity index (χ2n) is 10.6. The van der Waals surface area contributed by atoms with Crippen molar-refractivity contribution in [1.82, 2.24) is 30.2 Å². The van der Waals surface area contributed by atoms with Crippen molar-refractivity contribution < 1.29 is 9.47 Å². The highest BCUT2D eigenvalue weighted by atomic mass is 16.5. The molecule has 0 aliphatic carbocycles. The van der Waals surface area contributed by atoms with Crippen molar-refractivity contribution in [3.8, 4) is 0 Å². The molecule has 8 heteroatoms. The van der Waals surface area contributed by atoms with Crippen LogP contribution in [0.5, 0.6) is 0 Å². The first-order chi connectivity index (χ1) is 17.7. The lowest BCUT2D eigenvalue weighted by molar-refractivity contribution is 0.0507. The molecule has 4 aliphatic rings. The summed E-state index contributed by atoms with van der Waals surface area (Å²) in [5.74, 6) is 0. The Morgan fingerprint density at radius 2 is 0.667 bits per heavy atom. The SMILES string of the molecule is CNCN1CCCCC1.CNCN1CCCCC1.COCN1CCCCC1.COCN1CCCCC1. The molecule has 0 aromatic rings. The molecule has 36 heavy (non-hydrogen) atoms. The van der Waals surface area contributed by atoms with Crippen LogP contribution in [0.1, 0.15) is 77.0 Å². The molecular formula is C28H62N6O2. The number of nitrogens with zero attached hydrogens (tertiary/aromatic N) is 4. The van der Waals surface area contributed by atoms with Crippen LogP contribution in [0.15, 0.2) is 0 Å². The summed E-state index contributed by atoms with van der Waals surface area (Å²) in [6, 6.07) is 0. The van der Waals surface area contributed by atoms with Gasteiger partial charge in [0, 0.05) is 53.7 Å². The van der Waals surface area contributed by atoms with E-state index in [-0.39, 0.29) is 0 Å². The van der Waals surface area contributed by atoms with E-state index < -0.39 is 0 Å². The Morgan fingerprint density at radius 1 is 0.417 bits per heavy atom. The van der Waals surface area contributed by atoms with E-state index in [2.05, 4.69) is 30.2 Å². The zero-order valence-electron chi connectivity index (χ0n) is 24.6. The van der Waals surface area contributed by atoms with Gasteiger partial charge in [-0.1, -0.05) is 25.7 Å². The Labute approximate surface area is 224 Å². The van der Waals surface area contributed by atoms with Crippen LogP contribution in [-0.4, -0.2) is 127 Å². The van der Waals surface area contributed by atoms with Crippen molar-refractivity contribution in [2.45, 2.75) is 77.0 Å². The lowest BCUT2D eigenvalue weighted by Crippen LogP contribution is -2.36. The Kier molecular flexibility index (Phi) is 23.4. The van der Waals surface area contributed by atoms with Gasteiger partial charge in [0.15, 0.2) is 0 Å². The first-order valence-corrected chi connectivity index (χ1v) is 14.9. The van der Waals surface area contributed by atoms with Crippen LogP contribution >= 0.6 is 0 Å². The molecule has 4 fully saturated rings. The fourth-order valence-electron chi connectivity index (χ4n) is 5.22. The van der Waals surface area contributed by atoms with Gasteiger partial charge in [0.2, 0.25) is 0 Å². The molecule has 0 radical (unpaired) electrons. The summed E-state index contributed by atoms with van der Waals surface area (Å²) in [7, 11) is 7.53. The van der Waals surface area contributed by atoms with Gasteiger partial charge in [0.1, 0.15) is 0 Å². The molecule has 4 rings (SSSR count). The molecular weight excluding hydrogens is 452 g/mol. The summed E-state index contributed by atoms with van der Waals surface area (Å²) in [5, 5.41) is 6.33. The average molecular weight is 515 g/mol. The lowest BCUT2D eigenvalue weighted by Gasteiger charge is -2.25. The van der Waals surface area contributed by atoms with Crippen molar-refractivity contribution in [3.63, 3.8) is 0 Å². The summed E-state index contributed by atoms with van der Waals surface area (Å²) in [6.45, 7) is 13.9. The zero-order valence-corrected chi connectivity index (χ0v) is 24.6. The molecule has 0 aromatic carbocycles. The van der Waals surface area contributed by atoms with E-state index >= 15 is 0 Å². The smallest absolute Gasteiger partial charge is 0.0986 e. The normalized spacial score (nSPS) is 22.3. The van der Waals surface area contributed by atoms with E-state index in [0.29, 0.717) is 0 Å². The standard InChI is InChI=1S/2C7H16N2.2C7H15NO/c2*1-8-7-9-5-3-2-4-6-9;2*1-9-7-8-5-3-2-4-6-8/h2*8H,2-7H2,1H3;2*2-7H2,1H3. The van der Waals surface area contributed by atoms with E-state index in [0.717, 1.165) is 26.8 Å². The van der Waals surface area contributed by atoms with Crippen LogP contribution < -0.4 is 10.6 Å². The summed E-state index contributed by atoms with van der Waals surface area (Å²) >= 11 is 0. The topological polar surface area (TPSA) is 55.5 Å². The van der Waals surface area contributed by atoms with Crippen LogP contribution in [0.2, 0.25) is 0 Å². The van der Waals surface area contributed by atoms with E-state index in [1.54, 1.807) is 14.2 Å². The van der Waals surface area contributed by atoms with Gasteiger partial charge in [-0.05, 0) is 91.6 Å². The van der Waals surface area contributed by atoms with Crippen LogP contribution in [-0.2, 0) is 9.47 Å². The monoisotopic (exact) mass is 514 g/mol. The molecule has 216 valence electrons. The lowest BCUT2D eigenvalue weighted by atomic mass is 10.1. The third-order valence-electron chi connectivity index (χ3n) is 7.18. The molecule has 0 amide bonds. The Hall–Kier alpha value is -0.320. The maximum absolute atomic E-state index is 5.01. The minimum absolute atomic E-state index is 0.819. The van der Waals surface area contributed by atoms with Crippen molar-refractivity contribution >= 4 is 0 Å². The van der Waals surface area contributed by atoms with Gasteiger partial charge in [0.05, 0.1) is 13.5 Å². The third kappa shape index (κ3) is 18.9. The number of methoxy groups -OCH3 is 2. The molecule has 4 aliphatic heterocycles. The quantitative estimate of drug-likeness (QED) is 0.511. The summed E-state index contributed by atoms with van der Waals surface area (Å²) in [5.41, 5.74) is 0. The van der Waals surface area contributed by atoms with Gasteiger partial charge in [-0.25, -0.2) is 0 Å². The molecule has 0 unspecified atom stereocenters. The first kappa shape index (κ1) is 33.7. The number of nitrogens with one attached hydrogen (secondary N) is 2. The van der Waals surface area contributed by atoms with Gasteiger partial charge in [-0.2, -0.15) is 0 Å². The third-order valence-corrected chi connectivity index (χ3v) is 7.18. The molecule has 0 saturated carbocycles. The van der Waals surface area contributed by atoms with Gasteiger partial charge in [0.25, 0.3) is 0 Å².